The summed E-state index contributed by atoms with van der Waals surface area (Å²) in [6, 6.07) is 14.2. The van der Waals surface area contributed by atoms with E-state index in [-0.39, 0.29) is 11.9 Å². The van der Waals surface area contributed by atoms with Crippen molar-refractivity contribution in [1.29, 1.82) is 0 Å². The van der Waals surface area contributed by atoms with Crippen LogP contribution in [0.4, 0.5) is 4.39 Å². The molecule has 0 aliphatic heterocycles. The van der Waals surface area contributed by atoms with Gasteiger partial charge in [0, 0.05) is 11.1 Å². The van der Waals surface area contributed by atoms with Crippen LogP contribution in [0.15, 0.2) is 48.5 Å². The molecule has 1 nitrogen and oxygen atoms in total. The standard InChI is InChI=1S/C15H15ClFN/c16-13-6-3-4-11(8-13)9-14(18)10-12-5-1-2-7-15(12)17/h1-8,14H,9-10,18H2. The SMILES string of the molecule is NC(Cc1cccc(Cl)c1)Cc1ccccc1F. The molecule has 0 saturated heterocycles. The van der Waals surface area contributed by atoms with Gasteiger partial charge in [-0.25, -0.2) is 4.39 Å². The first-order chi connectivity index (χ1) is 8.65. The van der Waals surface area contributed by atoms with Gasteiger partial charge in [-0.2, -0.15) is 0 Å². The Bertz CT molecular complexity index is 527. The van der Waals surface area contributed by atoms with E-state index in [9.17, 15) is 4.39 Å². The number of hydrogen-bond donors (Lipinski definition) is 1. The van der Waals surface area contributed by atoms with Gasteiger partial charge in [0.1, 0.15) is 5.82 Å². The average molecular weight is 264 g/mol. The second-order valence-corrected chi connectivity index (χ2v) is 4.83. The summed E-state index contributed by atoms with van der Waals surface area (Å²) in [6.07, 6.45) is 1.22. The molecule has 0 saturated carbocycles. The van der Waals surface area contributed by atoms with Gasteiger partial charge in [0.05, 0.1) is 0 Å². The van der Waals surface area contributed by atoms with Crippen LogP contribution in [0.3, 0.4) is 0 Å². The predicted molar refractivity (Wildman–Crippen MR) is 73.2 cm³/mol. The summed E-state index contributed by atoms with van der Waals surface area (Å²) < 4.78 is 13.5. The topological polar surface area (TPSA) is 26.0 Å². The van der Waals surface area contributed by atoms with Crippen LogP contribution < -0.4 is 5.73 Å². The molecule has 2 aromatic carbocycles. The maximum absolute atomic E-state index is 13.5. The van der Waals surface area contributed by atoms with Crippen LogP contribution in [0.2, 0.25) is 5.02 Å². The van der Waals surface area contributed by atoms with Crippen molar-refractivity contribution in [3.63, 3.8) is 0 Å². The van der Waals surface area contributed by atoms with Gasteiger partial charge >= 0.3 is 0 Å². The van der Waals surface area contributed by atoms with E-state index in [0.717, 1.165) is 5.56 Å². The smallest absolute Gasteiger partial charge is 0.126 e. The molecule has 94 valence electrons. The van der Waals surface area contributed by atoms with Gasteiger partial charge in [0.15, 0.2) is 0 Å². The third-order valence-corrected chi connectivity index (χ3v) is 3.06. The minimum atomic E-state index is -0.195. The van der Waals surface area contributed by atoms with Crippen LogP contribution in [-0.2, 0) is 12.8 Å². The highest BCUT2D eigenvalue weighted by Crippen LogP contribution is 2.14. The minimum Gasteiger partial charge on any atom is -0.327 e. The highest BCUT2D eigenvalue weighted by molar-refractivity contribution is 6.30. The second-order valence-electron chi connectivity index (χ2n) is 4.39. The van der Waals surface area contributed by atoms with Crippen molar-refractivity contribution in [2.75, 3.05) is 0 Å². The molecule has 1 unspecified atom stereocenters. The zero-order valence-electron chi connectivity index (χ0n) is 9.94. The Balaban J connectivity index is 2.01. The van der Waals surface area contributed by atoms with Crippen LogP contribution in [0, 0.1) is 5.82 Å². The molecule has 3 heteroatoms. The van der Waals surface area contributed by atoms with E-state index in [2.05, 4.69) is 0 Å². The Morgan fingerprint density at radius 1 is 1.06 bits per heavy atom. The zero-order chi connectivity index (χ0) is 13.0. The highest BCUT2D eigenvalue weighted by Gasteiger charge is 2.08. The fourth-order valence-electron chi connectivity index (χ4n) is 1.99. The second kappa shape index (κ2) is 5.98. The summed E-state index contributed by atoms with van der Waals surface area (Å²) in [6.45, 7) is 0. The maximum atomic E-state index is 13.5. The number of benzene rings is 2. The molecule has 2 aromatic rings. The number of nitrogens with two attached hydrogens (primary N) is 1. The van der Waals surface area contributed by atoms with E-state index in [1.165, 1.54) is 6.07 Å². The molecule has 0 fully saturated rings. The quantitative estimate of drug-likeness (QED) is 0.896. The maximum Gasteiger partial charge on any atom is 0.126 e. The van der Waals surface area contributed by atoms with E-state index in [4.69, 9.17) is 17.3 Å². The summed E-state index contributed by atoms with van der Waals surface area (Å²) >= 11 is 5.91. The molecule has 0 heterocycles. The lowest BCUT2D eigenvalue weighted by molar-refractivity contribution is 0.584. The van der Waals surface area contributed by atoms with Crippen LogP contribution in [0.25, 0.3) is 0 Å². The zero-order valence-corrected chi connectivity index (χ0v) is 10.7. The molecule has 0 aliphatic rings. The summed E-state index contributed by atoms with van der Waals surface area (Å²) in [7, 11) is 0. The van der Waals surface area contributed by atoms with Crippen molar-refractivity contribution < 1.29 is 4.39 Å². The molecule has 18 heavy (non-hydrogen) atoms. The number of halogens is 2. The first kappa shape index (κ1) is 13.1. The first-order valence-corrected chi connectivity index (χ1v) is 6.26. The lowest BCUT2D eigenvalue weighted by Crippen LogP contribution is -2.25. The van der Waals surface area contributed by atoms with Crippen molar-refractivity contribution in [2.45, 2.75) is 18.9 Å². The van der Waals surface area contributed by atoms with E-state index in [1.807, 2.05) is 30.3 Å². The van der Waals surface area contributed by atoms with E-state index >= 15 is 0 Å². The monoisotopic (exact) mass is 263 g/mol. The van der Waals surface area contributed by atoms with E-state index in [1.54, 1.807) is 12.1 Å². The van der Waals surface area contributed by atoms with Gasteiger partial charge in [0.25, 0.3) is 0 Å². The predicted octanol–water partition coefficient (Wildman–Crippen LogP) is 3.59. The number of hydrogen-bond acceptors (Lipinski definition) is 1. The Hall–Kier alpha value is -1.38. The Morgan fingerprint density at radius 3 is 2.56 bits per heavy atom. The normalized spacial score (nSPS) is 12.4. The molecule has 0 aromatic heterocycles. The Kier molecular flexibility index (Phi) is 4.34. The lowest BCUT2D eigenvalue weighted by Gasteiger charge is -2.12. The summed E-state index contributed by atoms with van der Waals surface area (Å²) in [5.41, 5.74) is 7.78. The Labute approximate surface area is 111 Å². The lowest BCUT2D eigenvalue weighted by atomic mass is 9.99. The highest BCUT2D eigenvalue weighted by atomic mass is 35.5. The fourth-order valence-corrected chi connectivity index (χ4v) is 2.20. The van der Waals surface area contributed by atoms with Crippen molar-refractivity contribution in [1.82, 2.24) is 0 Å². The van der Waals surface area contributed by atoms with Gasteiger partial charge in [-0.05, 0) is 42.2 Å². The van der Waals surface area contributed by atoms with Crippen LogP contribution in [0.1, 0.15) is 11.1 Å². The van der Waals surface area contributed by atoms with Crippen LogP contribution in [0.5, 0.6) is 0 Å². The molecular weight excluding hydrogens is 249 g/mol. The summed E-state index contributed by atoms with van der Waals surface area (Å²) in [5, 5.41) is 0.700. The third-order valence-electron chi connectivity index (χ3n) is 2.83. The first-order valence-electron chi connectivity index (χ1n) is 5.88. The third kappa shape index (κ3) is 3.56. The molecule has 2 N–H and O–H groups in total. The molecule has 0 aliphatic carbocycles. The van der Waals surface area contributed by atoms with Crippen molar-refractivity contribution in [3.8, 4) is 0 Å². The van der Waals surface area contributed by atoms with Gasteiger partial charge in [-0.1, -0.05) is 41.9 Å². The summed E-state index contributed by atoms with van der Waals surface area (Å²) in [5.74, 6) is -0.195. The van der Waals surface area contributed by atoms with Crippen LogP contribution >= 0.6 is 11.6 Å². The molecule has 0 amide bonds. The molecule has 0 radical (unpaired) electrons. The Morgan fingerprint density at radius 2 is 1.83 bits per heavy atom. The van der Waals surface area contributed by atoms with Crippen molar-refractivity contribution in [3.05, 3.63) is 70.5 Å². The minimum absolute atomic E-state index is 0.111. The molecule has 2 rings (SSSR count). The van der Waals surface area contributed by atoms with Gasteiger partial charge in [-0.15, -0.1) is 0 Å². The molecule has 0 bridgehead atoms. The van der Waals surface area contributed by atoms with Crippen molar-refractivity contribution >= 4 is 11.6 Å². The number of rotatable bonds is 4. The molecule has 1 atom stereocenters. The van der Waals surface area contributed by atoms with E-state index < -0.39 is 0 Å². The molecular formula is C15H15ClFN. The summed E-state index contributed by atoms with van der Waals surface area (Å²) in [4.78, 5) is 0. The largest absolute Gasteiger partial charge is 0.327 e. The average Bonchev–Trinajstić information content (AvgIpc) is 2.32. The van der Waals surface area contributed by atoms with Crippen molar-refractivity contribution in [2.24, 2.45) is 5.73 Å². The van der Waals surface area contributed by atoms with Gasteiger partial charge in [0.2, 0.25) is 0 Å². The van der Waals surface area contributed by atoms with E-state index in [0.29, 0.717) is 23.4 Å². The fraction of sp³-hybridized carbons (Fsp3) is 0.200. The van der Waals surface area contributed by atoms with Gasteiger partial charge < -0.3 is 5.73 Å². The molecule has 0 spiro atoms. The van der Waals surface area contributed by atoms with Gasteiger partial charge in [-0.3, -0.25) is 0 Å². The van der Waals surface area contributed by atoms with Crippen LogP contribution in [-0.4, -0.2) is 6.04 Å².